The van der Waals surface area contributed by atoms with Gasteiger partial charge in [0.05, 0.1) is 0 Å². The number of nitrogens with one attached hydrogen (secondary N) is 1. The van der Waals surface area contributed by atoms with E-state index in [4.69, 9.17) is 0 Å². The molecule has 0 amide bonds. The van der Waals surface area contributed by atoms with Crippen LogP contribution in [-0.4, -0.2) is 42.9 Å². The van der Waals surface area contributed by atoms with Crippen LogP contribution >= 0.6 is 0 Å². The van der Waals surface area contributed by atoms with Crippen molar-refractivity contribution in [1.82, 2.24) is 14.6 Å². The molecule has 1 aromatic heterocycles. The number of aromatic nitrogens is 1. The Morgan fingerprint density at radius 1 is 1.40 bits per heavy atom. The van der Waals surface area contributed by atoms with Gasteiger partial charge in [0.2, 0.25) is 5.03 Å². The molecular formula is C13H18FN3O2S. The van der Waals surface area contributed by atoms with Gasteiger partial charge in [-0.25, -0.2) is 17.8 Å². The van der Waals surface area contributed by atoms with Crippen LogP contribution in [0.1, 0.15) is 25.7 Å². The number of hydrogen-bond donors (Lipinski definition) is 1. The number of rotatable bonds is 5. The summed E-state index contributed by atoms with van der Waals surface area (Å²) >= 11 is 0. The maximum absolute atomic E-state index is 13.8. The molecule has 1 atom stereocenters. The lowest BCUT2D eigenvalue weighted by atomic mass is 10.2. The van der Waals surface area contributed by atoms with Crippen molar-refractivity contribution in [2.24, 2.45) is 0 Å². The molecule has 1 N–H and O–H groups in total. The van der Waals surface area contributed by atoms with E-state index >= 15 is 0 Å². The first-order chi connectivity index (χ1) is 9.59. The summed E-state index contributed by atoms with van der Waals surface area (Å²) in [5.41, 5.74) is 0. The summed E-state index contributed by atoms with van der Waals surface area (Å²) in [5, 5.41) is 2.83. The first-order valence-corrected chi connectivity index (χ1v) is 8.39. The zero-order chi connectivity index (χ0) is 14.2. The third-order valence-electron chi connectivity index (χ3n) is 3.79. The van der Waals surface area contributed by atoms with Crippen LogP contribution in [0.4, 0.5) is 4.39 Å². The molecule has 2 fully saturated rings. The molecule has 5 nitrogen and oxygen atoms in total. The zero-order valence-electron chi connectivity index (χ0n) is 11.1. The van der Waals surface area contributed by atoms with E-state index in [1.54, 1.807) is 0 Å². The average molecular weight is 299 g/mol. The Balaban J connectivity index is 1.87. The number of halogens is 1. The largest absolute Gasteiger partial charge is 0.313 e. The highest BCUT2D eigenvalue weighted by Gasteiger charge is 2.41. The van der Waals surface area contributed by atoms with E-state index in [1.165, 1.54) is 16.6 Å². The van der Waals surface area contributed by atoms with Gasteiger partial charge in [0.15, 0.2) is 5.82 Å². The van der Waals surface area contributed by atoms with Crippen molar-refractivity contribution in [3.63, 3.8) is 0 Å². The molecule has 1 aliphatic heterocycles. The fraction of sp³-hybridized carbons (Fsp3) is 0.615. The molecule has 110 valence electrons. The molecule has 0 bridgehead atoms. The molecule has 2 aliphatic rings. The molecular weight excluding hydrogens is 281 g/mol. The quantitative estimate of drug-likeness (QED) is 0.885. The van der Waals surface area contributed by atoms with Crippen molar-refractivity contribution in [3.8, 4) is 0 Å². The van der Waals surface area contributed by atoms with Crippen molar-refractivity contribution in [1.29, 1.82) is 0 Å². The third-order valence-corrected chi connectivity index (χ3v) is 5.65. The van der Waals surface area contributed by atoms with E-state index in [0.29, 0.717) is 6.54 Å². The highest BCUT2D eigenvalue weighted by Crippen LogP contribution is 2.32. The minimum atomic E-state index is -3.85. The van der Waals surface area contributed by atoms with E-state index in [9.17, 15) is 12.8 Å². The van der Waals surface area contributed by atoms with Crippen LogP contribution in [0.15, 0.2) is 23.4 Å². The predicted octanol–water partition coefficient (Wildman–Crippen LogP) is 1.13. The molecule has 20 heavy (non-hydrogen) atoms. The minimum Gasteiger partial charge on any atom is -0.313 e. The van der Waals surface area contributed by atoms with Gasteiger partial charge in [0.25, 0.3) is 10.0 Å². The van der Waals surface area contributed by atoms with Crippen molar-refractivity contribution < 1.29 is 12.8 Å². The lowest BCUT2D eigenvalue weighted by Gasteiger charge is -2.24. The smallest absolute Gasteiger partial charge is 0.263 e. The molecule has 0 aromatic carbocycles. The van der Waals surface area contributed by atoms with Gasteiger partial charge in [0, 0.05) is 24.8 Å². The number of sulfonamides is 1. The summed E-state index contributed by atoms with van der Waals surface area (Å²) in [5.74, 6) is -0.780. The van der Waals surface area contributed by atoms with Gasteiger partial charge in [-0.15, -0.1) is 0 Å². The summed E-state index contributed by atoms with van der Waals surface area (Å²) in [6.45, 7) is 1.32. The van der Waals surface area contributed by atoms with Crippen LogP contribution in [0, 0.1) is 5.82 Å². The highest BCUT2D eigenvalue weighted by molar-refractivity contribution is 7.89. The minimum absolute atomic E-state index is 0.00352. The van der Waals surface area contributed by atoms with E-state index in [2.05, 4.69) is 10.3 Å². The van der Waals surface area contributed by atoms with Crippen LogP contribution in [0.2, 0.25) is 0 Å². The summed E-state index contributed by atoms with van der Waals surface area (Å²) in [6, 6.07) is 2.70. The fourth-order valence-electron chi connectivity index (χ4n) is 2.61. The Hall–Kier alpha value is -1.05. The van der Waals surface area contributed by atoms with E-state index < -0.39 is 20.9 Å². The number of nitrogens with zero attached hydrogens (tertiary/aromatic N) is 2. The lowest BCUT2D eigenvalue weighted by molar-refractivity contribution is 0.359. The van der Waals surface area contributed by atoms with Gasteiger partial charge in [-0.1, -0.05) is 0 Å². The van der Waals surface area contributed by atoms with Crippen molar-refractivity contribution in [2.75, 3.05) is 13.1 Å². The molecule has 0 spiro atoms. The first-order valence-electron chi connectivity index (χ1n) is 6.95. The van der Waals surface area contributed by atoms with Gasteiger partial charge in [0.1, 0.15) is 0 Å². The first kappa shape index (κ1) is 13.9. The van der Waals surface area contributed by atoms with Crippen LogP contribution in [0.3, 0.4) is 0 Å². The van der Waals surface area contributed by atoms with Gasteiger partial charge in [-0.05, 0) is 44.4 Å². The van der Waals surface area contributed by atoms with Crippen LogP contribution < -0.4 is 5.32 Å². The molecule has 3 rings (SSSR count). The van der Waals surface area contributed by atoms with Gasteiger partial charge in [-0.3, -0.25) is 0 Å². The van der Waals surface area contributed by atoms with Crippen molar-refractivity contribution in [2.45, 2.75) is 42.8 Å². The van der Waals surface area contributed by atoms with E-state index in [-0.39, 0.29) is 12.1 Å². The molecule has 1 unspecified atom stereocenters. The Labute approximate surface area is 118 Å². The molecule has 1 saturated carbocycles. The number of hydrogen-bond acceptors (Lipinski definition) is 4. The molecule has 7 heteroatoms. The SMILES string of the molecule is O=S(=O)(c1ncccc1F)N(CC1CCCN1)C1CC1. The van der Waals surface area contributed by atoms with Crippen LogP contribution in [0.25, 0.3) is 0 Å². The normalized spacial score (nSPS) is 23.4. The topological polar surface area (TPSA) is 62.3 Å². The standard InChI is InChI=1S/C13H18FN3O2S/c14-12-4-2-8-16-13(12)20(18,19)17(11-5-6-11)9-10-3-1-7-15-10/h2,4,8,10-11,15H,1,3,5-7,9H2. The monoisotopic (exact) mass is 299 g/mol. The van der Waals surface area contributed by atoms with E-state index in [0.717, 1.165) is 38.3 Å². The lowest BCUT2D eigenvalue weighted by Crippen LogP contribution is -2.42. The Morgan fingerprint density at radius 2 is 2.20 bits per heavy atom. The summed E-state index contributed by atoms with van der Waals surface area (Å²) < 4.78 is 40.4. The molecule has 1 aliphatic carbocycles. The second-order valence-corrected chi connectivity index (χ2v) is 7.20. The van der Waals surface area contributed by atoms with Crippen LogP contribution in [0.5, 0.6) is 0 Å². The summed E-state index contributed by atoms with van der Waals surface area (Å²) in [4.78, 5) is 3.73. The predicted molar refractivity (Wildman–Crippen MR) is 72.1 cm³/mol. The Morgan fingerprint density at radius 3 is 2.80 bits per heavy atom. The summed E-state index contributed by atoms with van der Waals surface area (Å²) in [7, 11) is -3.85. The van der Waals surface area contributed by atoms with Gasteiger partial charge < -0.3 is 5.32 Å². The Kier molecular flexibility index (Phi) is 3.74. The Bertz CT molecular complexity index is 583. The van der Waals surface area contributed by atoms with Gasteiger partial charge in [-0.2, -0.15) is 4.31 Å². The average Bonchev–Trinajstić information content (AvgIpc) is 3.12. The maximum atomic E-state index is 13.8. The number of pyridine rings is 1. The molecule has 1 aromatic rings. The van der Waals surface area contributed by atoms with Crippen molar-refractivity contribution in [3.05, 3.63) is 24.1 Å². The van der Waals surface area contributed by atoms with E-state index in [1.807, 2.05) is 0 Å². The molecule has 0 radical (unpaired) electrons. The fourth-order valence-corrected chi connectivity index (χ4v) is 4.32. The van der Waals surface area contributed by atoms with Crippen LogP contribution in [-0.2, 0) is 10.0 Å². The molecule has 1 saturated heterocycles. The second kappa shape index (κ2) is 5.38. The maximum Gasteiger partial charge on any atom is 0.263 e. The molecule has 2 heterocycles. The third kappa shape index (κ3) is 2.70. The highest BCUT2D eigenvalue weighted by atomic mass is 32.2. The van der Waals surface area contributed by atoms with Crippen molar-refractivity contribution >= 4 is 10.0 Å². The second-order valence-electron chi connectivity index (χ2n) is 5.39. The zero-order valence-corrected chi connectivity index (χ0v) is 11.9. The summed E-state index contributed by atoms with van der Waals surface area (Å²) in [6.07, 6.45) is 5.03. The van der Waals surface area contributed by atoms with Gasteiger partial charge >= 0.3 is 0 Å².